The first-order chi connectivity index (χ1) is 28.2. The van der Waals surface area contributed by atoms with Gasteiger partial charge in [0.2, 0.25) is 41.4 Å². The summed E-state index contributed by atoms with van der Waals surface area (Å²) in [4.78, 5) is 122. The van der Waals surface area contributed by atoms with E-state index in [1.807, 2.05) is 0 Å². The summed E-state index contributed by atoms with van der Waals surface area (Å²) in [6.45, 7) is 2.72. The molecule has 1 fully saturated rings. The molecule has 23 heteroatoms. The molecule has 0 bridgehead atoms. The molecule has 0 aromatic heterocycles. The van der Waals surface area contributed by atoms with Gasteiger partial charge in [0.05, 0.1) is 19.4 Å². The van der Waals surface area contributed by atoms with E-state index in [0.29, 0.717) is 12.0 Å². The number of aliphatic hydroxyl groups is 1. The van der Waals surface area contributed by atoms with E-state index in [-0.39, 0.29) is 57.1 Å². The number of likely N-dealkylation sites (tertiary alicyclic amines) is 1. The third kappa shape index (κ3) is 16.9. The highest BCUT2D eigenvalue weighted by Crippen LogP contribution is 2.19. The molecule has 1 aliphatic heterocycles. The molecule has 60 heavy (non-hydrogen) atoms. The number of amides is 7. The summed E-state index contributed by atoms with van der Waals surface area (Å²) >= 11 is 0. The van der Waals surface area contributed by atoms with Crippen molar-refractivity contribution in [3.63, 3.8) is 0 Å². The topological polar surface area (TPSA) is 394 Å². The summed E-state index contributed by atoms with van der Waals surface area (Å²) in [5, 5.41) is 40.8. The lowest BCUT2D eigenvalue weighted by Gasteiger charge is -2.29. The monoisotopic (exact) mass is 847 g/mol. The van der Waals surface area contributed by atoms with Crippen molar-refractivity contribution >= 4 is 59.2 Å². The van der Waals surface area contributed by atoms with E-state index in [1.54, 1.807) is 44.2 Å². The van der Waals surface area contributed by atoms with E-state index in [4.69, 9.17) is 22.9 Å². The molecule has 332 valence electrons. The van der Waals surface area contributed by atoms with E-state index < -0.39 is 115 Å². The summed E-state index contributed by atoms with van der Waals surface area (Å²) in [6.07, 6.45) is -1.51. The molecule has 0 radical (unpaired) electrons. The number of guanidine groups is 1. The van der Waals surface area contributed by atoms with Crippen LogP contribution in [0, 0.1) is 5.92 Å². The van der Waals surface area contributed by atoms with Gasteiger partial charge in [-0.2, -0.15) is 0 Å². The van der Waals surface area contributed by atoms with E-state index in [1.165, 1.54) is 0 Å². The third-order valence-electron chi connectivity index (χ3n) is 9.22. The first kappa shape index (κ1) is 49.8. The van der Waals surface area contributed by atoms with Crippen LogP contribution in [0.4, 0.5) is 0 Å². The van der Waals surface area contributed by atoms with Crippen LogP contribution < -0.4 is 49.5 Å². The molecule has 7 atom stereocenters. The fraction of sp³-hybridized carbons (Fsp3) is 0.568. The molecule has 2 rings (SSSR count). The fourth-order valence-electron chi connectivity index (χ4n) is 6.26. The van der Waals surface area contributed by atoms with Gasteiger partial charge in [0, 0.05) is 19.5 Å². The Morgan fingerprint density at radius 2 is 1.32 bits per heavy atom. The number of nitrogens with two attached hydrogens (primary N) is 4. The number of benzene rings is 1. The first-order valence-corrected chi connectivity index (χ1v) is 19.2. The van der Waals surface area contributed by atoms with Crippen LogP contribution in [-0.4, -0.2) is 141 Å². The number of hydrogen-bond donors (Lipinski definition) is 12. The van der Waals surface area contributed by atoms with E-state index in [0.717, 1.165) is 4.90 Å². The van der Waals surface area contributed by atoms with Crippen molar-refractivity contribution in [2.45, 2.75) is 108 Å². The fourth-order valence-corrected chi connectivity index (χ4v) is 6.26. The molecule has 7 amide bonds. The molecule has 1 aromatic carbocycles. The summed E-state index contributed by atoms with van der Waals surface area (Å²) in [6, 6.07) is -1.77. The van der Waals surface area contributed by atoms with Crippen LogP contribution in [0.25, 0.3) is 0 Å². The van der Waals surface area contributed by atoms with Gasteiger partial charge in [-0.25, -0.2) is 4.79 Å². The highest BCUT2D eigenvalue weighted by molar-refractivity contribution is 5.99. The largest absolute Gasteiger partial charge is 0.481 e. The van der Waals surface area contributed by atoms with Crippen molar-refractivity contribution in [2.24, 2.45) is 33.8 Å². The van der Waals surface area contributed by atoms with Gasteiger partial charge >= 0.3 is 11.9 Å². The normalized spacial score (nSPS) is 16.5. The number of nitrogens with zero attached hydrogens (tertiary/aromatic N) is 2. The minimum absolute atomic E-state index is 0.0218. The third-order valence-corrected chi connectivity index (χ3v) is 9.22. The molecule has 0 unspecified atom stereocenters. The number of nitrogens with one attached hydrogen (secondary N) is 5. The predicted octanol–water partition coefficient (Wildman–Crippen LogP) is -4.50. The maximum absolute atomic E-state index is 13.8. The van der Waals surface area contributed by atoms with Crippen LogP contribution >= 0.6 is 0 Å². The number of aliphatic imine (C=N–C) groups is 1. The Morgan fingerprint density at radius 3 is 1.88 bits per heavy atom. The number of carboxylic acids is 2. The number of primary amides is 1. The summed E-state index contributed by atoms with van der Waals surface area (Å²) in [7, 11) is 0. The molecule has 1 heterocycles. The standard InChI is InChI=1S/C37H57N11O12/c1-19(2)14-23(45-33(56)24(44-30(53)21(38)18-49)15-20-8-4-3-5-9-20)32(55)46-25(17-29(51)52)34(57)43-22(10-6-12-42-37(40)41)31(54)47-26(16-28(39)50)35(58)48-13-7-11-27(48)36(59)60/h3-5,8-9,19,21-27,49H,6-7,10-18,38H2,1-2H3,(H2,39,50)(H,43,57)(H,44,53)(H,45,56)(H,46,55)(H,47,54)(H,51,52)(H,59,60)(H4,40,41,42)/t21-,22-,23-,24-,25-,26-,27-/m0/s1. The Bertz CT molecular complexity index is 1720. The van der Waals surface area contributed by atoms with Crippen molar-refractivity contribution < 1.29 is 58.5 Å². The predicted molar refractivity (Wildman–Crippen MR) is 213 cm³/mol. The number of aliphatic hydroxyl groups excluding tert-OH is 1. The SMILES string of the molecule is CC(C)C[C@H](NC(=O)[C@H](Cc1ccccc1)NC(=O)[C@@H](N)CO)C(=O)N[C@@H](CC(=O)O)C(=O)N[C@@H](CCCN=C(N)N)C(=O)N[C@@H](CC(N)=O)C(=O)N1CCC[C@H]1C(=O)O. The molecule has 16 N–H and O–H groups in total. The second-order valence-electron chi connectivity index (χ2n) is 14.7. The van der Waals surface area contributed by atoms with Crippen LogP contribution in [0.15, 0.2) is 35.3 Å². The first-order valence-electron chi connectivity index (χ1n) is 19.2. The highest BCUT2D eigenvalue weighted by atomic mass is 16.4. The molecule has 0 saturated carbocycles. The summed E-state index contributed by atoms with van der Waals surface area (Å²) < 4.78 is 0. The van der Waals surface area contributed by atoms with Crippen LogP contribution in [0.3, 0.4) is 0 Å². The van der Waals surface area contributed by atoms with Crippen molar-refractivity contribution in [2.75, 3.05) is 19.7 Å². The second kappa shape index (κ2) is 24.5. The maximum atomic E-state index is 13.8. The Kier molecular flexibility index (Phi) is 20.4. The highest BCUT2D eigenvalue weighted by Gasteiger charge is 2.39. The van der Waals surface area contributed by atoms with Gasteiger partial charge in [0.25, 0.3) is 0 Å². The van der Waals surface area contributed by atoms with Gasteiger partial charge in [-0.1, -0.05) is 44.2 Å². The minimum atomic E-state index is -1.85. The molecule has 23 nitrogen and oxygen atoms in total. The molecular formula is C37H57N11O12. The van der Waals surface area contributed by atoms with E-state index in [2.05, 4.69) is 31.6 Å². The number of aliphatic carboxylic acids is 2. The number of rotatable bonds is 25. The average molecular weight is 848 g/mol. The molecule has 1 saturated heterocycles. The lowest BCUT2D eigenvalue weighted by atomic mass is 10.00. The van der Waals surface area contributed by atoms with Gasteiger partial charge in [0.1, 0.15) is 42.3 Å². The molecule has 0 spiro atoms. The zero-order valence-electron chi connectivity index (χ0n) is 33.5. The van der Waals surface area contributed by atoms with Crippen molar-refractivity contribution in [3.05, 3.63) is 35.9 Å². The molecule has 1 aliphatic rings. The lowest BCUT2D eigenvalue weighted by molar-refractivity contribution is -0.149. The van der Waals surface area contributed by atoms with Gasteiger partial charge < -0.3 is 69.7 Å². The second-order valence-corrected chi connectivity index (χ2v) is 14.7. The van der Waals surface area contributed by atoms with Crippen LogP contribution in [-0.2, 0) is 49.6 Å². The Hall–Kier alpha value is -6.36. The van der Waals surface area contributed by atoms with Crippen molar-refractivity contribution in [1.29, 1.82) is 0 Å². The van der Waals surface area contributed by atoms with Crippen LogP contribution in [0.2, 0.25) is 0 Å². The van der Waals surface area contributed by atoms with Gasteiger partial charge in [-0.3, -0.25) is 43.3 Å². The number of carboxylic acid groups (broad SMARTS) is 2. The van der Waals surface area contributed by atoms with Gasteiger partial charge in [-0.15, -0.1) is 0 Å². The van der Waals surface area contributed by atoms with Gasteiger partial charge in [0.15, 0.2) is 5.96 Å². The minimum Gasteiger partial charge on any atom is -0.481 e. The summed E-state index contributed by atoms with van der Waals surface area (Å²) in [5.41, 5.74) is 22.4. The van der Waals surface area contributed by atoms with Crippen molar-refractivity contribution in [3.8, 4) is 0 Å². The maximum Gasteiger partial charge on any atom is 0.326 e. The van der Waals surface area contributed by atoms with E-state index in [9.17, 15) is 58.5 Å². The number of carbonyl (C=O) groups is 9. The Labute approximate surface area is 345 Å². The van der Waals surface area contributed by atoms with Crippen molar-refractivity contribution in [1.82, 2.24) is 31.5 Å². The molecule has 1 aromatic rings. The van der Waals surface area contributed by atoms with E-state index >= 15 is 0 Å². The molecule has 0 aliphatic carbocycles. The lowest BCUT2D eigenvalue weighted by Crippen LogP contribution is -2.60. The van der Waals surface area contributed by atoms with Crippen LogP contribution in [0.5, 0.6) is 0 Å². The van der Waals surface area contributed by atoms with Crippen LogP contribution in [0.1, 0.15) is 64.4 Å². The van der Waals surface area contributed by atoms with Gasteiger partial charge in [-0.05, 0) is 43.6 Å². The average Bonchev–Trinajstić information content (AvgIpc) is 3.67. The smallest absolute Gasteiger partial charge is 0.326 e. The number of hydrogen-bond acceptors (Lipinski definition) is 12. The molecular weight excluding hydrogens is 790 g/mol. The Balaban J connectivity index is 2.39. The quantitative estimate of drug-likeness (QED) is 0.0251. The Morgan fingerprint density at radius 1 is 0.767 bits per heavy atom. The zero-order chi connectivity index (χ0) is 45.1. The zero-order valence-corrected chi connectivity index (χ0v) is 33.5. The number of carbonyl (C=O) groups excluding carboxylic acids is 7. The summed E-state index contributed by atoms with van der Waals surface area (Å²) in [5.74, 6) is -10.2.